The quantitative estimate of drug-likeness (QED) is 0.171. The Bertz CT molecular complexity index is 3230. The molecule has 262 valence electrons. The molecule has 11 rings (SSSR count). The maximum Gasteiger partial charge on any atom is 0.164 e. The monoisotopic (exact) mass is 733 g/mol. The number of benzene rings is 8. The van der Waals surface area contributed by atoms with Gasteiger partial charge >= 0.3 is 0 Å². The van der Waals surface area contributed by atoms with Crippen molar-refractivity contribution < 1.29 is 4.42 Å². The molecule has 0 unspecified atom stereocenters. The smallest absolute Gasteiger partial charge is 0.164 e. The summed E-state index contributed by atoms with van der Waals surface area (Å²) in [6.45, 7) is 0. The largest absolute Gasteiger partial charge is 0.456 e. The van der Waals surface area contributed by atoms with Gasteiger partial charge in [0.25, 0.3) is 0 Å². The van der Waals surface area contributed by atoms with Gasteiger partial charge in [-0.25, -0.2) is 15.0 Å². The van der Waals surface area contributed by atoms with Crippen LogP contribution in [0.2, 0.25) is 0 Å². The van der Waals surface area contributed by atoms with Crippen molar-refractivity contribution >= 4 is 53.4 Å². The first-order valence-corrected chi connectivity index (χ1v) is 19.5. The van der Waals surface area contributed by atoms with Crippen molar-refractivity contribution in [3.63, 3.8) is 0 Å². The summed E-state index contributed by atoms with van der Waals surface area (Å²) in [5, 5.41) is 4.70. The third-order valence-corrected chi connectivity index (χ3v) is 11.7. The molecule has 0 spiro atoms. The van der Waals surface area contributed by atoms with Crippen molar-refractivity contribution in [2.45, 2.75) is 0 Å². The first kappa shape index (κ1) is 32.2. The molecule has 0 fully saturated rings. The Morgan fingerprint density at radius 1 is 0.321 bits per heavy atom. The number of furan rings is 1. The molecule has 11 aromatic rings. The third-order valence-electron chi connectivity index (χ3n) is 10.5. The van der Waals surface area contributed by atoms with Gasteiger partial charge in [-0.3, -0.25) is 0 Å². The summed E-state index contributed by atoms with van der Waals surface area (Å²) in [6.07, 6.45) is 0. The van der Waals surface area contributed by atoms with E-state index in [9.17, 15) is 0 Å². The van der Waals surface area contributed by atoms with Gasteiger partial charge in [-0.2, -0.15) is 0 Å². The number of fused-ring (bicyclic) bond motifs is 6. The number of hydrogen-bond acceptors (Lipinski definition) is 5. The zero-order valence-corrected chi connectivity index (χ0v) is 30.9. The SMILES string of the molecule is c1ccc(-c2ccc(-c3nc(-c4ccccc4)nc(-c4cc(-c5ccc6c(c5)sc5cccc(-c7ccccc7)c56)c5c(c4)oc4ccccc45)n3)cc2)cc1. The van der Waals surface area contributed by atoms with Gasteiger partial charge in [0.2, 0.25) is 0 Å². The first-order chi connectivity index (χ1) is 27.7. The fourth-order valence-electron chi connectivity index (χ4n) is 7.86. The maximum absolute atomic E-state index is 6.59. The van der Waals surface area contributed by atoms with Gasteiger partial charge in [-0.15, -0.1) is 11.3 Å². The average molecular weight is 734 g/mol. The van der Waals surface area contributed by atoms with Crippen LogP contribution in [-0.4, -0.2) is 15.0 Å². The van der Waals surface area contributed by atoms with Crippen LogP contribution in [0.4, 0.5) is 0 Å². The molecule has 0 N–H and O–H groups in total. The van der Waals surface area contributed by atoms with Crippen LogP contribution in [0.15, 0.2) is 192 Å². The lowest BCUT2D eigenvalue weighted by atomic mass is 9.95. The highest BCUT2D eigenvalue weighted by atomic mass is 32.1. The second-order valence-corrected chi connectivity index (χ2v) is 15.1. The van der Waals surface area contributed by atoms with Crippen LogP contribution in [0.3, 0.4) is 0 Å². The van der Waals surface area contributed by atoms with Crippen molar-refractivity contribution in [2.75, 3.05) is 0 Å². The van der Waals surface area contributed by atoms with E-state index in [1.54, 1.807) is 0 Å². The van der Waals surface area contributed by atoms with Crippen LogP contribution in [-0.2, 0) is 0 Å². The van der Waals surface area contributed by atoms with E-state index in [0.29, 0.717) is 17.5 Å². The highest BCUT2D eigenvalue weighted by Gasteiger charge is 2.20. The molecule has 0 bridgehead atoms. The second kappa shape index (κ2) is 13.3. The lowest BCUT2D eigenvalue weighted by Gasteiger charge is -2.11. The van der Waals surface area contributed by atoms with Gasteiger partial charge in [0.05, 0.1) is 0 Å². The molecule has 3 heterocycles. The van der Waals surface area contributed by atoms with E-state index in [1.165, 1.54) is 31.3 Å². The van der Waals surface area contributed by atoms with Gasteiger partial charge in [0, 0.05) is 47.6 Å². The molecule has 5 heteroatoms. The minimum Gasteiger partial charge on any atom is -0.456 e. The normalized spacial score (nSPS) is 11.6. The molecule has 0 aliphatic rings. The second-order valence-electron chi connectivity index (χ2n) is 14.0. The van der Waals surface area contributed by atoms with Gasteiger partial charge in [0.15, 0.2) is 17.5 Å². The molecule has 0 amide bonds. The topological polar surface area (TPSA) is 51.8 Å². The molecule has 0 aliphatic carbocycles. The van der Waals surface area contributed by atoms with Crippen LogP contribution in [0, 0.1) is 0 Å². The van der Waals surface area contributed by atoms with Gasteiger partial charge in [0.1, 0.15) is 11.2 Å². The van der Waals surface area contributed by atoms with E-state index < -0.39 is 0 Å². The lowest BCUT2D eigenvalue weighted by Crippen LogP contribution is -2.00. The molecule has 0 saturated carbocycles. The number of para-hydroxylation sites is 1. The maximum atomic E-state index is 6.59. The summed E-state index contributed by atoms with van der Waals surface area (Å²) in [4.78, 5) is 15.3. The lowest BCUT2D eigenvalue weighted by molar-refractivity contribution is 0.669. The minimum absolute atomic E-state index is 0.583. The molecule has 0 atom stereocenters. The van der Waals surface area contributed by atoms with Crippen LogP contribution in [0.1, 0.15) is 0 Å². The number of nitrogens with zero attached hydrogens (tertiary/aromatic N) is 3. The standard InChI is InChI=1S/C51H31N3OS/c1-4-13-32(14-5-1)33-23-25-36(26-24-33)50-52-49(35-17-8-3-9-18-35)53-51(54-50)38-29-42(47-40-19-10-11-21-43(40)55-44(47)30-38)37-27-28-41-46(31-37)56-45-22-12-20-39(48(41)45)34-15-6-2-7-16-34/h1-31H. The summed E-state index contributed by atoms with van der Waals surface area (Å²) in [6, 6.07) is 65.7. The Balaban J connectivity index is 1.11. The highest BCUT2D eigenvalue weighted by Crippen LogP contribution is 2.44. The summed E-state index contributed by atoms with van der Waals surface area (Å²) in [5.74, 6) is 1.81. The fraction of sp³-hybridized carbons (Fsp3) is 0. The van der Waals surface area contributed by atoms with Gasteiger partial charge < -0.3 is 4.42 Å². The van der Waals surface area contributed by atoms with Crippen LogP contribution < -0.4 is 0 Å². The molecule has 56 heavy (non-hydrogen) atoms. The molecular weight excluding hydrogens is 703 g/mol. The van der Waals surface area contributed by atoms with E-state index in [1.807, 2.05) is 59.9 Å². The Labute approximate surface area is 327 Å². The van der Waals surface area contributed by atoms with E-state index in [-0.39, 0.29) is 0 Å². The number of hydrogen-bond donors (Lipinski definition) is 0. The summed E-state index contributed by atoms with van der Waals surface area (Å²) in [5.41, 5.74) is 11.3. The Morgan fingerprint density at radius 2 is 0.893 bits per heavy atom. The molecular formula is C51H31N3OS. The summed E-state index contributed by atoms with van der Waals surface area (Å²) >= 11 is 1.83. The van der Waals surface area contributed by atoms with Crippen molar-refractivity contribution in [1.82, 2.24) is 15.0 Å². The Kier molecular flexibility index (Phi) is 7.64. The number of thiophene rings is 1. The van der Waals surface area contributed by atoms with E-state index in [4.69, 9.17) is 19.4 Å². The molecule has 0 saturated heterocycles. The average Bonchev–Trinajstić information content (AvgIpc) is 3.85. The summed E-state index contributed by atoms with van der Waals surface area (Å²) in [7, 11) is 0. The zero-order chi connectivity index (χ0) is 37.0. The predicted molar refractivity (Wildman–Crippen MR) is 233 cm³/mol. The van der Waals surface area contributed by atoms with Crippen LogP contribution >= 0.6 is 11.3 Å². The van der Waals surface area contributed by atoms with Crippen molar-refractivity contribution in [2.24, 2.45) is 0 Å². The molecule has 0 radical (unpaired) electrons. The van der Waals surface area contributed by atoms with E-state index >= 15 is 0 Å². The summed E-state index contributed by atoms with van der Waals surface area (Å²) < 4.78 is 9.10. The molecule has 0 aliphatic heterocycles. The molecule has 3 aromatic heterocycles. The Morgan fingerprint density at radius 3 is 1.62 bits per heavy atom. The Hall–Kier alpha value is -7.21. The van der Waals surface area contributed by atoms with Gasteiger partial charge in [-0.1, -0.05) is 158 Å². The number of aromatic nitrogens is 3. The van der Waals surface area contributed by atoms with Crippen molar-refractivity contribution in [3.05, 3.63) is 188 Å². The van der Waals surface area contributed by atoms with Crippen molar-refractivity contribution in [1.29, 1.82) is 0 Å². The fourth-order valence-corrected chi connectivity index (χ4v) is 9.03. The highest BCUT2D eigenvalue weighted by molar-refractivity contribution is 7.26. The molecule has 8 aromatic carbocycles. The predicted octanol–water partition coefficient (Wildman–Crippen LogP) is 14.1. The first-order valence-electron chi connectivity index (χ1n) is 18.7. The van der Waals surface area contributed by atoms with E-state index in [2.05, 4.69) is 140 Å². The third kappa shape index (κ3) is 5.56. The molecule has 4 nitrogen and oxygen atoms in total. The van der Waals surface area contributed by atoms with Crippen LogP contribution in [0.5, 0.6) is 0 Å². The van der Waals surface area contributed by atoms with Gasteiger partial charge in [-0.05, 0) is 63.7 Å². The van der Waals surface area contributed by atoms with E-state index in [0.717, 1.165) is 60.9 Å². The van der Waals surface area contributed by atoms with Crippen LogP contribution in [0.25, 0.3) is 110 Å². The van der Waals surface area contributed by atoms with Crippen molar-refractivity contribution in [3.8, 4) is 67.5 Å². The zero-order valence-electron chi connectivity index (χ0n) is 30.1. The minimum atomic E-state index is 0.583. The number of rotatable bonds is 6.